The molecule has 0 N–H and O–H groups in total. The zero-order valence-corrected chi connectivity index (χ0v) is 17.7. The van der Waals surface area contributed by atoms with Crippen molar-refractivity contribution in [3.63, 3.8) is 0 Å². The number of benzene rings is 1. The molecule has 0 heterocycles. The molecule has 0 fully saturated rings. The Balaban J connectivity index is 0. The van der Waals surface area contributed by atoms with Crippen molar-refractivity contribution < 1.29 is 46.5 Å². The second-order valence-corrected chi connectivity index (χ2v) is 8.40. The number of thioether (sulfide) groups is 1. The summed E-state index contributed by atoms with van der Waals surface area (Å²) < 4.78 is 0.232. The molecule has 0 aromatic heterocycles. The van der Waals surface area contributed by atoms with Crippen LogP contribution < -0.4 is 24.8 Å². The van der Waals surface area contributed by atoms with Crippen LogP contribution in [0.5, 0.6) is 0 Å². The smallest absolute Gasteiger partial charge is 1.00 e. The van der Waals surface area contributed by atoms with Crippen LogP contribution in [0.3, 0.4) is 0 Å². The van der Waals surface area contributed by atoms with Gasteiger partial charge in [-0.05, 0) is 17.0 Å². The molecule has 0 nitrogen and oxygen atoms in total. The van der Waals surface area contributed by atoms with Crippen molar-refractivity contribution in [2.75, 3.05) is 0 Å². The average molecular weight is 390 g/mol. The van der Waals surface area contributed by atoms with Crippen LogP contribution in [0.25, 0.3) is 0 Å². The molecule has 0 saturated heterocycles. The van der Waals surface area contributed by atoms with Gasteiger partial charge in [-0.1, -0.05) is 52.8 Å². The van der Waals surface area contributed by atoms with E-state index in [1.54, 1.807) is 0 Å². The summed E-state index contributed by atoms with van der Waals surface area (Å²) in [6, 6.07) is 8.78. The third kappa shape index (κ3) is 6.09. The Morgan fingerprint density at radius 1 is 1.00 bits per heavy atom. The Labute approximate surface area is 167 Å². The Bertz CT molecular complexity index is 528. The van der Waals surface area contributed by atoms with Gasteiger partial charge in [-0.25, -0.2) is 11.6 Å². The van der Waals surface area contributed by atoms with Gasteiger partial charge in [0.05, 0.1) is 0 Å². The summed E-state index contributed by atoms with van der Waals surface area (Å²) in [6.07, 6.45) is 8.85. The van der Waals surface area contributed by atoms with Crippen LogP contribution in [-0.2, 0) is 27.1 Å². The molecule has 0 amide bonds. The van der Waals surface area contributed by atoms with Crippen molar-refractivity contribution >= 4 is 11.8 Å². The standard InChI is InChI=1S/C18H23S.2ClH.Ti/c1-17(2,3)19-16-13-9-8-12-15(16)18(4,5)14-10-6-7-11-14;;;/h6,8-10,12-13H,7H2,1-5H3;2*1H;/q-1;;;+3/p-2. The van der Waals surface area contributed by atoms with Crippen LogP contribution in [0.2, 0.25) is 0 Å². The third-order valence-electron chi connectivity index (χ3n) is 3.34. The van der Waals surface area contributed by atoms with Gasteiger partial charge in [-0.15, -0.1) is 18.2 Å². The topological polar surface area (TPSA) is 0 Å². The summed E-state index contributed by atoms with van der Waals surface area (Å²) in [6.45, 7) is 11.4. The molecular formula is C18H23Cl2STi. The van der Waals surface area contributed by atoms with Gasteiger partial charge in [0, 0.05) is 9.64 Å². The van der Waals surface area contributed by atoms with E-state index in [4.69, 9.17) is 0 Å². The molecule has 0 bridgehead atoms. The van der Waals surface area contributed by atoms with Crippen molar-refractivity contribution in [3.8, 4) is 0 Å². The summed E-state index contributed by atoms with van der Waals surface area (Å²) in [5.41, 5.74) is 2.75. The molecule has 0 spiro atoms. The predicted octanol–water partition coefficient (Wildman–Crippen LogP) is -0.450. The van der Waals surface area contributed by atoms with E-state index in [1.165, 1.54) is 16.0 Å². The minimum absolute atomic E-state index is 0. The molecular weight excluding hydrogens is 367 g/mol. The minimum Gasteiger partial charge on any atom is -1.00 e. The SMILES string of the molecule is CC(C)(C)Sc1ccccc1C(C)(C)C1=[C-]CC=C1.[Cl-].[Cl-].[Ti+3]. The molecule has 0 aliphatic heterocycles. The molecule has 2 rings (SSSR count). The zero-order chi connectivity index (χ0) is 14.1. The van der Waals surface area contributed by atoms with E-state index < -0.39 is 0 Å². The van der Waals surface area contributed by atoms with Gasteiger partial charge in [0.2, 0.25) is 0 Å². The van der Waals surface area contributed by atoms with Gasteiger partial charge < -0.3 is 24.8 Å². The molecule has 1 aliphatic carbocycles. The van der Waals surface area contributed by atoms with E-state index in [9.17, 15) is 0 Å². The maximum absolute atomic E-state index is 3.48. The van der Waals surface area contributed by atoms with Gasteiger partial charge in [0.1, 0.15) is 0 Å². The average Bonchev–Trinajstić information content (AvgIpc) is 2.81. The second-order valence-electron chi connectivity index (χ2n) is 6.53. The fourth-order valence-corrected chi connectivity index (χ4v) is 3.62. The van der Waals surface area contributed by atoms with Crippen LogP contribution in [0.4, 0.5) is 0 Å². The molecule has 4 heteroatoms. The van der Waals surface area contributed by atoms with E-state index in [0.29, 0.717) is 0 Å². The third-order valence-corrected chi connectivity index (χ3v) is 4.53. The number of halogens is 2. The minimum atomic E-state index is 0. The summed E-state index contributed by atoms with van der Waals surface area (Å²) in [5.74, 6) is 0. The number of hydrogen-bond donors (Lipinski definition) is 0. The first-order valence-corrected chi connectivity index (χ1v) is 7.69. The van der Waals surface area contributed by atoms with Crippen molar-refractivity contribution in [2.45, 2.75) is 56.1 Å². The Morgan fingerprint density at radius 3 is 2.09 bits per heavy atom. The van der Waals surface area contributed by atoms with Crippen LogP contribution >= 0.6 is 11.8 Å². The first kappa shape index (κ1) is 24.6. The van der Waals surface area contributed by atoms with Crippen molar-refractivity contribution in [2.24, 2.45) is 0 Å². The van der Waals surface area contributed by atoms with Crippen LogP contribution in [0.15, 0.2) is 46.9 Å². The summed E-state index contributed by atoms with van der Waals surface area (Å²) in [5, 5.41) is 0. The van der Waals surface area contributed by atoms with Crippen LogP contribution in [0, 0.1) is 6.08 Å². The number of allylic oxidation sites excluding steroid dienone is 4. The molecule has 0 atom stereocenters. The summed E-state index contributed by atoms with van der Waals surface area (Å²) in [7, 11) is 0. The molecule has 1 radical (unpaired) electrons. The molecule has 22 heavy (non-hydrogen) atoms. The Hall–Kier alpha value is 0.344. The van der Waals surface area contributed by atoms with Gasteiger partial charge >= 0.3 is 21.7 Å². The monoisotopic (exact) mass is 389 g/mol. The number of rotatable bonds is 3. The molecule has 119 valence electrons. The molecule has 1 aromatic carbocycles. The van der Waals surface area contributed by atoms with E-state index in [-0.39, 0.29) is 56.7 Å². The van der Waals surface area contributed by atoms with Crippen LogP contribution in [-0.4, -0.2) is 4.75 Å². The van der Waals surface area contributed by atoms with Gasteiger partial charge in [0.15, 0.2) is 0 Å². The second kappa shape index (κ2) is 9.59. The fraction of sp³-hybridized carbons (Fsp3) is 0.444. The van der Waals surface area contributed by atoms with Gasteiger partial charge in [-0.3, -0.25) is 6.08 Å². The fourth-order valence-electron chi connectivity index (χ4n) is 2.38. The zero-order valence-electron chi connectivity index (χ0n) is 13.8. The first-order chi connectivity index (χ1) is 8.81. The van der Waals surface area contributed by atoms with Crippen molar-refractivity contribution in [1.82, 2.24) is 0 Å². The normalized spacial score (nSPS) is 13.6. The van der Waals surface area contributed by atoms with E-state index in [0.717, 1.165) is 6.42 Å². The molecule has 1 aliphatic rings. The van der Waals surface area contributed by atoms with E-state index in [1.807, 2.05) is 11.8 Å². The Morgan fingerprint density at radius 2 is 1.59 bits per heavy atom. The Kier molecular flexibility index (Phi) is 10.7. The summed E-state index contributed by atoms with van der Waals surface area (Å²) in [4.78, 5) is 1.38. The molecule has 0 saturated carbocycles. The van der Waals surface area contributed by atoms with E-state index in [2.05, 4.69) is 77.1 Å². The summed E-state index contributed by atoms with van der Waals surface area (Å²) >= 11 is 1.95. The largest absolute Gasteiger partial charge is 3.00 e. The number of hydrogen-bond acceptors (Lipinski definition) is 1. The van der Waals surface area contributed by atoms with Crippen LogP contribution in [0.1, 0.15) is 46.6 Å². The maximum atomic E-state index is 3.48. The maximum Gasteiger partial charge on any atom is 3.00 e. The van der Waals surface area contributed by atoms with Gasteiger partial charge in [0.25, 0.3) is 0 Å². The first-order valence-electron chi connectivity index (χ1n) is 6.87. The quantitative estimate of drug-likeness (QED) is 0.383. The molecule has 0 unspecified atom stereocenters. The van der Waals surface area contributed by atoms with E-state index >= 15 is 0 Å². The van der Waals surface area contributed by atoms with Crippen molar-refractivity contribution in [1.29, 1.82) is 0 Å². The molecule has 1 aromatic rings. The van der Waals surface area contributed by atoms with Crippen molar-refractivity contribution in [3.05, 3.63) is 53.6 Å². The predicted molar refractivity (Wildman–Crippen MR) is 85.6 cm³/mol. The van der Waals surface area contributed by atoms with Gasteiger partial charge in [-0.2, -0.15) is 6.08 Å².